The maximum absolute atomic E-state index is 4.05. The highest BCUT2D eigenvalue weighted by Crippen LogP contribution is 2.31. The van der Waals surface area contributed by atoms with Crippen molar-refractivity contribution in [3.63, 3.8) is 0 Å². The number of fused-ring (bicyclic) bond motifs is 1. The summed E-state index contributed by atoms with van der Waals surface area (Å²) >= 11 is 3.52. The van der Waals surface area contributed by atoms with E-state index in [2.05, 4.69) is 49.0 Å². The van der Waals surface area contributed by atoms with E-state index in [1.807, 2.05) is 6.20 Å². The van der Waals surface area contributed by atoms with Crippen LogP contribution in [-0.2, 0) is 13.0 Å². The molecule has 3 rings (SSSR count). The van der Waals surface area contributed by atoms with Crippen molar-refractivity contribution in [1.82, 2.24) is 9.97 Å². The zero-order valence-corrected chi connectivity index (χ0v) is 10.4. The Morgan fingerprint density at radius 1 is 1.44 bits per heavy atom. The van der Waals surface area contributed by atoms with E-state index in [-0.39, 0.29) is 0 Å². The molecule has 1 aromatic carbocycles. The summed E-state index contributed by atoms with van der Waals surface area (Å²) < 4.78 is 1.14. The molecule has 0 spiro atoms. The predicted molar refractivity (Wildman–Crippen MR) is 67.5 cm³/mol. The molecule has 0 saturated carbocycles. The molecule has 0 atom stereocenters. The fourth-order valence-electron chi connectivity index (χ4n) is 2.16. The highest BCUT2D eigenvalue weighted by atomic mass is 79.9. The highest BCUT2D eigenvalue weighted by Gasteiger charge is 2.19. The average molecular weight is 278 g/mol. The van der Waals surface area contributed by atoms with Gasteiger partial charge in [0.15, 0.2) is 0 Å². The minimum Gasteiger partial charge on any atom is -0.365 e. The van der Waals surface area contributed by atoms with Crippen molar-refractivity contribution in [2.75, 3.05) is 11.4 Å². The van der Waals surface area contributed by atoms with Crippen LogP contribution >= 0.6 is 15.9 Å². The summed E-state index contributed by atoms with van der Waals surface area (Å²) in [5.74, 6) is 0. The third kappa shape index (κ3) is 1.73. The molecule has 1 aliphatic heterocycles. The second-order valence-corrected chi connectivity index (χ2v) is 4.94. The lowest BCUT2D eigenvalue weighted by molar-refractivity contribution is 0.819. The lowest BCUT2D eigenvalue weighted by atomic mass is 10.2. The number of hydrogen-bond acceptors (Lipinski definition) is 2. The van der Waals surface area contributed by atoms with Gasteiger partial charge in [0.05, 0.1) is 18.6 Å². The Bertz CT molecular complexity index is 493. The van der Waals surface area contributed by atoms with Gasteiger partial charge < -0.3 is 9.88 Å². The van der Waals surface area contributed by atoms with Crippen molar-refractivity contribution in [3.8, 4) is 0 Å². The molecule has 0 amide bonds. The molecule has 0 aliphatic carbocycles. The van der Waals surface area contributed by atoms with Gasteiger partial charge in [0, 0.05) is 22.9 Å². The molecule has 0 fully saturated rings. The Morgan fingerprint density at radius 2 is 2.38 bits per heavy atom. The number of benzene rings is 1. The first kappa shape index (κ1) is 9.90. The van der Waals surface area contributed by atoms with E-state index in [0.29, 0.717) is 0 Å². The van der Waals surface area contributed by atoms with Crippen LogP contribution in [0.25, 0.3) is 0 Å². The zero-order valence-electron chi connectivity index (χ0n) is 8.78. The number of imidazole rings is 1. The predicted octanol–water partition coefficient (Wildman–Crippen LogP) is 2.73. The van der Waals surface area contributed by atoms with Crippen LogP contribution in [0.1, 0.15) is 11.3 Å². The van der Waals surface area contributed by atoms with Crippen LogP contribution in [0.2, 0.25) is 0 Å². The Balaban J connectivity index is 1.88. The number of anilines is 1. The zero-order chi connectivity index (χ0) is 11.0. The van der Waals surface area contributed by atoms with Crippen LogP contribution in [0.5, 0.6) is 0 Å². The molecule has 82 valence electrons. The van der Waals surface area contributed by atoms with Gasteiger partial charge in [0.25, 0.3) is 0 Å². The minimum atomic E-state index is 0.906. The molecule has 0 unspecified atom stereocenters. The van der Waals surface area contributed by atoms with Crippen LogP contribution in [0.4, 0.5) is 5.69 Å². The molecule has 0 radical (unpaired) electrons. The van der Waals surface area contributed by atoms with Gasteiger partial charge in [-0.2, -0.15) is 0 Å². The van der Waals surface area contributed by atoms with Gasteiger partial charge in [-0.05, 0) is 24.1 Å². The number of aromatic amines is 1. The summed E-state index contributed by atoms with van der Waals surface area (Å²) in [6.45, 7) is 1.99. The van der Waals surface area contributed by atoms with Crippen molar-refractivity contribution in [1.29, 1.82) is 0 Å². The number of hydrogen-bond donors (Lipinski definition) is 1. The van der Waals surface area contributed by atoms with Crippen molar-refractivity contribution in [3.05, 3.63) is 46.5 Å². The molecule has 3 nitrogen and oxygen atoms in total. The summed E-state index contributed by atoms with van der Waals surface area (Å²) in [6, 6.07) is 6.50. The second-order valence-electron chi connectivity index (χ2n) is 4.02. The molecule has 1 aliphatic rings. The SMILES string of the molecule is Brc1ccc2c(c1)N(Cc1cnc[nH]1)CC2. The van der Waals surface area contributed by atoms with E-state index < -0.39 is 0 Å². The number of nitrogens with zero attached hydrogens (tertiary/aromatic N) is 2. The number of H-pyrrole nitrogens is 1. The molecule has 4 heteroatoms. The van der Waals surface area contributed by atoms with Gasteiger partial charge in [-0.25, -0.2) is 4.98 Å². The first-order valence-corrected chi connectivity index (χ1v) is 6.13. The third-order valence-corrected chi connectivity index (χ3v) is 3.45. The lowest BCUT2D eigenvalue weighted by Gasteiger charge is -2.18. The largest absolute Gasteiger partial charge is 0.365 e. The van der Waals surface area contributed by atoms with Crippen LogP contribution in [-0.4, -0.2) is 16.5 Å². The fourth-order valence-corrected chi connectivity index (χ4v) is 2.51. The summed E-state index contributed by atoms with van der Waals surface area (Å²) in [4.78, 5) is 9.57. The molecule has 16 heavy (non-hydrogen) atoms. The van der Waals surface area contributed by atoms with Gasteiger partial charge in [0.2, 0.25) is 0 Å². The maximum atomic E-state index is 4.05. The highest BCUT2D eigenvalue weighted by molar-refractivity contribution is 9.10. The first-order chi connectivity index (χ1) is 7.83. The first-order valence-electron chi connectivity index (χ1n) is 5.33. The topological polar surface area (TPSA) is 31.9 Å². The Labute approximate surface area is 103 Å². The number of halogens is 1. The van der Waals surface area contributed by atoms with E-state index in [1.54, 1.807) is 6.33 Å². The maximum Gasteiger partial charge on any atom is 0.0922 e. The summed E-state index contributed by atoms with van der Waals surface area (Å²) in [5.41, 5.74) is 3.93. The number of nitrogens with one attached hydrogen (secondary N) is 1. The van der Waals surface area contributed by atoms with Gasteiger partial charge >= 0.3 is 0 Å². The van der Waals surface area contributed by atoms with Crippen LogP contribution in [0, 0.1) is 0 Å². The molecule has 0 bridgehead atoms. The van der Waals surface area contributed by atoms with Gasteiger partial charge in [-0.1, -0.05) is 22.0 Å². The van der Waals surface area contributed by atoms with Crippen molar-refractivity contribution >= 4 is 21.6 Å². The van der Waals surface area contributed by atoms with Crippen molar-refractivity contribution in [2.45, 2.75) is 13.0 Å². The van der Waals surface area contributed by atoms with Crippen molar-refractivity contribution in [2.24, 2.45) is 0 Å². The monoisotopic (exact) mass is 277 g/mol. The molecular formula is C12H12BrN3. The quantitative estimate of drug-likeness (QED) is 0.916. The Hall–Kier alpha value is -1.29. The van der Waals surface area contributed by atoms with E-state index in [0.717, 1.165) is 29.7 Å². The molecule has 2 aromatic rings. The third-order valence-electron chi connectivity index (χ3n) is 2.96. The summed E-state index contributed by atoms with van der Waals surface area (Å²) in [5, 5.41) is 0. The molecule has 1 N–H and O–H groups in total. The molecule has 1 aromatic heterocycles. The van der Waals surface area contributed by atoms with Crippen LogP contribution in [0.15, 0.2) is 35.2 Å². The van der Waals surface area contributed by atoms with E-state index in [4.69, 9.17) is 0 Å². The van der Waals surface area contributed by atoms with Gasteiger partial charge in [0.1, 0.15) is 0 Å². The summed E-state index contributed by atoms with van der Waals surface area (Å²) in [7, 11) is 0. The summed E-state index contributed by atoms with van der Waals surface area (Å²) in [6.07, 6.45) is 4.75. The standard InChI is InChI=1S/C12H12BrN3/c13-10-2-1-9-3-4-16(12(9)5-10)7-11-6-14-8-15-11/h1-2,5-6,8H,3-4,7H2,(H,14,15). The smallest absolute Gasteiger partial charge is 0.0922 e. The average Bonchev–Trinajstić information content (AvgIpc) is 2.90. The molecular weight excluding hydrogens is 266 g/mol. The van der Waals surface area contributed by atoms with Crippen LogP contribution < -0.4 is 4.90 Å². The second kappa shape index (κ2) is 3.94. The van der Waals surface area contributed by atoms with Crippen molar-refractivity contribution < 1.29 is 0 Å². The minimum absolute atomic E-state index is 0.906. The van der Waals surface area contributed by atoms with Gasteiger partial charge in [-0.15, -0.1) is 0 Å². The van der Waals surface area contributed by atoms with Crippen LogP contribution in [0.3, 0.4) is 0 Å². The Morgan fingerprint density at radius 3 is 3.19 bits per heavy atom. The molecule has 0 saturated heterocycles. The lowest BCUT2D eigenvalue weighted by Crippen LogP contribution is -2.19. The van der Waals surface area contributed by atoms with E-state index in [1.165, 1.54) is 11.3 Å². The number of rotatable bonds is 2. The Kier molecular flexibility index (Phi) is 2.44. The fraction of sp³-hybridized carbons (Fsp3) is 0.250. The van der Waals surface area contributed by atoms with E-state index in [9.17, 15) is 0 Å². The molecule has 2 heterocycles. The van der Waals surface area contributed by atoms with E-state index >= 15 is 0 Å². The normalized spacial score (nSPS) is 14.2. The number of aromatic nitrogens is 2. The van der Waals surface area contributed by atoms with Gasteiger partial charge in [-0.3, -0.25) is 0 Å².